The van der Waals surface area contributed by atoms with Gasteiger partial charge >= 0.3 is 11.9 Å². The smallest absolute Gasteiger partial charge is 0.323 e. The molecule has 0 aromatic heterocycles. The van der Waals surface area contributed by atoms with Crippen LogP contribution in [0.5, 0.6) is 0 Å². The molecule has 4 rings (SSSR count). The van der Waals surface area contributed by atoms with E-state index in [0.717, 1.165) is 31.4 Å². The number of esters is 2. The largest absolute Gasteiger partial charge is 0.546 e. The van der Waals surface area contributed by atoms with E-state index in [0.29, 0.717) is 54.5 Å². The second-order valence-corrected chi connectivity index (χ2v) is 18.5. The molecule has 8 heteroatoms. The van der Waals surface area contributed by atoms with Gasteiger partial charge in [0.15, 0.2) is 11.2 Å². The lowest BCUT2D eigenvalue weighted by molar-refractivity contribution is -0.200. The molecule has 0 amide bonds. The second-order valence-electron chi connectivity index (χ2n) is 13.2. The molecule has 39 heavy (non-hydrogen) atoms. The van der Waals surface area contributed by atoms with Crippen molar-refractivity contribution in [2.45, 2.75) is 116 Å². The van der Waals surface area contributed by atoms with Gasteiger partial charge in [-0.1, -0.05) is 41.5 Å². The zero-order valence-electron chi connectivity index (χ0n) is 25.5. The molecule has 0 N–H and O–H groups in total. The van der Waals surface area contributed by atoms with Crippen LogP contribution < -0.4 is 0 Å². The van der Waals surface area contributed by atoms with Crippen molar-refractivity contribution < 1.29 is 33.0 Å². The van der Waals surface area contributed by atoms with E-state index in [1.54, 1.807) is 13.8 Å². The van der Waals surface area contributed by atoms with Crippen molar-refractivity contribution >= 4 is 20.3 Å². The maximum atomic E-state index is 13.8. The van der Waals surface area contributed by atoms with Gasteiger partial charge in [-0.2, -0.15) is 0 Å². The molecule has 0 bridgehead atoms. The van der Waals surface area contributed by atoms with E-state index in [-0.39, 0.29) is 25.0 Å². The molecule has 3 fully saturated rings. The van der Waals surface area contributed by atoms with Crippen molar-refractivity contribution in [2.24, 2.45) is 29.1 Å². The molecule has 4 aliphatic rings. The highest BCUT2D eigenvalue weighted by Crippen LogP contribution is 2.61. The minimum Gasteiger partial charge on any atom is -0.546 e. The highest BCUT2D eigenvalue weighted by atomic mass is 28.4. The van der Waals surface area contributed by atoms with E-state index < -0.39 is 31.5 Å². The lowest BCUT2D eigenvalue weighted by atomic mass is 9.71. The zero-order valence-corrected chi connectivity index (χ0v) is 26.5. The number of hydrogen-bond donors (Lipinski definition) is 0. The Morgan fingerprint density at radius 3 is 1.97 bits per heavy atom. The molecule has 1 aliphatic heterocycles. The van der Waals surface area contributed by atoms with Gasteiger partial charge in [0.1, 0.15) is 0 Å². The number of carbonyl (C=O) groups excluding carboxylic acids is 2. The molecule has 1 saturated heterocycles. The van der Waals surface area contributed by atoms with Gasteiger partial charge in [-0.3, -0.25) is 9.59 Å². The van der Waals surface area contributed by atoms with Gasteiger partial charge in [0.2, 0.25) is 0 Å². The molecule has 4 atom stereocenters. The van der Waals surface area contributed by atoms with Crippen LogP contribution >= 0.6 is 0 Å². The third kappa shape index (κ3) is 5.23. The van der Waals surface area contributed by atoms with Gasteiger partial charge in [-0.05, 0) is 80.0 Å². The van der Waals surface area contributed by atoms with Crippen molar-refractivity contribution in [3.63, 3.8) is 0 Å². The summed E-state index contributed by atoms with van der Waals surface area (Å²) in [5.74, 6) is -0.0200. The van der Waals surface area contributed by atoms with Crippen LogP contribution in [0, 0.1) is 29.1 Å². The van der Waals surface area contributed by atoms with Crippen LogP contribution in [0.15, 0.2) is 11.8 Å². The van der Waals surface area contributed by atoms with E-state index in [1.165, 1.54) is 0 Å². The lowest BCUT2D eigenvalue weighted by Gasteiger charge is -2.45. The fraction of sp³-hybridized carbons (Fsp3) is 0.871. The van der Waals surface area contributed by atoms with Crippen LogP contribution in [-0.2, 0) is 33.0 Å². The van der Waals surface area contributed by atoms with Crippen LogP contribution in [0.3, 0.4) is 0 Å². The Labute approximate surface area is 236 Å². The van der Waals surface area contributed by atoms with Crippen molar-refractivity contribution in [3.8, 4) is 0 Å². The molecule has 2 saturated carbocycles. The molecule has 0 radical (unpaired) electrons. The van der Waals surface area contributed by atoms with Crippen molar-refractivity contribution in [3.05, 3.63) is 11.8 Å². The molecule has 7 nitrogen and oxygen atoms in total. The second kappa shape index (κ2) is 11.8. The highest BCUT2D eigenvalue weighted by Gasteiger charge is 2.64. The van der Waals surface area contributed by atoms with Crippen LogP contribution in [0.2, 0.25) is 16.6 Å². The van der Waals surface area contributed by atoms with Gasteiger partial charge in [0.25, 0.3) is 8.32 Å². The highest BCUT2D eigenvalue weighted by molar-refractivity contribution is 6.77. The van der Waals surface area contributed by atoms with E-state index in [2.05, 4.69) is 47.6 Å². The predicted octanol–water partition coefficient (Wildman–Crippen LogP) is 6.76. The van der Waals surface area contributed by atoms with Crippen LogP contribution in [0.25, 0.3) is 0 Å². The normalized spacial score (nSPS) is 29.7. The maximum Gasteiger partial charge on any atom is 0.323 e. The first-order chi connectivity index (χ1) is 18.5. The average Bonchev–Trinajstić information content (AvgIpc) is 3.45. The monoisotopic (exact) mass is 564 g/mol. The fourth-order valence-electron chi connectivity index (χ4n) is 8.92. The number of carbonyl (C=O) groups is 2. The quantitative estimate of drug-likeness (QED) is 0.174. The number of fused-ring (bicyclic) bond motifs is 4. The molecule has 0 aromatic carbocycles. The first-order valence-electron chi connectivity index (χ1n) is 15.5. The molecule has 1 spiro atoms. The Morgan fingerprint density at radius 1 is 0.897 bits per heavy atom. The Kier molecular flexibility index (Phi) is 9.29. The number of hydrogen-bond acceptors (Lipinski definition) is 7. The Morgan fingerprint density at radius 2 is 1.46 bits per heavy atom. The maximum absolute atomic E-state index is 13.8. The SMILES string of the molecule is CCOC(=O)C1(C(=O)OCC)C[C@@H]2C=C(O[Si](C(C)C)(C(C)C)C(C)C)CC[C@H]2[C@@H]2CCC3(OCCO3)[C@H]2C1. The van der Waals surface area contributed by atoms with Gasteiger partial charge in [0, 0.05) is 18.8 Å². The molecular weight excluding hydrogens is 512 g/mol. The summed E-state index contributed by atoms with van der Waals surface area (Å²) in [4.78, 5) is 27.6. The molecule has 3 aliphatic carbocycles. The van der Waals surface area contributed by atoms with Crippen LogP contribution in [0.1, 0.15) is 93.9 Å². The summed E-state index contributed by atoms with van der Waals surface area (Å²) in [6.07, 6.45) is 6.66. The minimum atomic E-state index is -2.13. The molecule has 0 aromatic rings. The van der Waals surface area contributed by atoms with Gasteiger partial charge in [-0.25, -0.2) is 0 Å². The van der Waals surface area contributed by atoms with Crippen LogP contribution in [0.4, 0.5) is 0 Å². The average molecular weight is 565 g/mol. The van der Waals surface area contributed by atoms with Gasteiger partial charge in [0.05, 0.1) is 32.2 Å². The Hall–Kier alpha value is -1.38. The van der Waals surface area contributed by atoms with E-state index in [4.69, 9.17) is 23.4 Å². The molecule has 0 unspecified atom stereocenters. The standard InChI is InChI=1S/C31H52O7Si/c1-9-34-28(32)30(29(33)35-10-2)18-23-17-24(38-39(20(3)4,21(5)6)22(7)8)11-12-25(23)26-13-14-31(27(26)19-30)36-15-16-37-31/h17,20-23,25-27H,9-16,18-19H2,1-8H3/t23-,25+,26-,27-/m0/s1. The third-order valence-electron chi connectivity index (χ3n) is 10.4. The lowest BCUT2D eigenvalue weighted by Crippen LogP contribution is -2.48. The summed E-state index contributed by atoms with van der Waals surface area (Å²) in [6, 6.07) is 0. The topological polar surface area (TPSA) is 80.3 Å². The van der Waals surface area contributed by atoms with Gasteiger partial charge in [-0.15, -0.1) is 0 Å². The van der Waals surface area contributed by atoms with Crippen molar-refractivity contribution in [2.75, 3.05) is 26.4 Å². The van der Waals surface area contributed by atoms with Crippen molar-refractivity contribution in [1.29, 1.82) is 0 Å². The van der Waals surface area contributed by atoms with Crippen molar-refractivity contribution in [1.82, 2.24) is 0 Å². The fourth-order valence-corrected chi connectivity index (χ4v) is 14.3. The zero-order chi connectivity index (χ0) is 28.6. The van der Waals surface area contributed by atoms with Gasteiger partial charge < -0.3 is 23.4 Å². The first-order valence-corrected chi connectivity index (χ1v) is 17.6. The Balaban J connectivity index is 1.79. The van der Waals surface area contributed by atoms with E-state index in [9.17, 15) is 9.59 Å². The van der Waals surface area contributed by atoms with Crippen LogP contribution in [-0.4, -0.2) is 52.5 Å². The summed E-state index contributed by atoms with van der Waals surface area (Å²) in [5, 5.41) is 0. The summed E-state index contributed by atoms with van der Waals surface area (Å²) < 4.78 is 31.0. The molecular formula is C31H52O7Si. The summed E-state index contributed by atoms with van der Waals surface area (Å²) in [5.41, 5.74) is 0.0280. The predicted molar refractivity (Wildman–Crippen MR) is 152 cm³/mol. The number of rotatable bonds is 9. The first kappa shape index (κ1) is 30.6. The molecule has 222 valence electrons. The minimum absolute atomic E-state index is 0.0207. The van der Waals surface area contributed by atoms with E-state index >= 15 is 0 Å². The van der Waals surface area contributed by atoms with E-state index in [1.807, 2.05) is 0 Å². The summed E-state index contributed by atoms with van der Waals surface area (Å²) in [7, 11) is -2.13. The third-order valence-corrected chi connectivity index (χ3v) is 16.4. The number of ether oxygens (including phenoxy) is 4. The Bertz CT molecular complexity index is 880. The summed E-state index contributed by atoms with van der Waals surface area (Å²) in [6.45, 7) is 19.0. The summed E-state index contributed by atoms with van der Waals surface area (Å²) >= 11 is 0. The molecule has 1 heterocycles. The number of allylic oxidation sites excluding steroid dienone is 2.